The van der Waals surface area contributed by atoms with Crippen molar-refractivity contribution in [1.29, 1.82) is 0 Å². The maximum Gasteiger partial charge on any atom is 0.165 e. The van der Waals surface area contributed by atoms with E-state index in [1.807, 2.05) is 20.8 Å². The van der Waals surface area contributed by atoms with Gasteiger partial charge in [-0.25, -0.2) is 8.78 Å². The lowest BCUT2D eigenvalue weighted by Gasteiger charge is -2.15. The summed E-state index contributed by atoms with van der Waals surface area (Å²) in [5.41, 5.74) is 0.498. The summed E-state index contributed by atoms with van der Waals surface area (Å²) in [6.45, 7) is 8.70. The number of rotatable bonds is 10. The highest BCUT2D eigenvalue weighted by atomic mass is 19.1. The van der Waals surface area contributed by atoms with Gasteiger partial charge in [-0.3, -0.25) is 0 Å². The fourth-order valence-corrected chi connectivity index (χ4v) is 2.20. The maximum atomic E-state index is 14.2. The van der Waals surface area contributed by atoms with Crippen LogP contribution in [0.15, 0.2) is 54.1 Å². The molecule has 25 heavy (non-hydrogen) atoms. The molecule has 4 heteroatoms. The number of halogens is 2. The Labute approximate surface area is 149 Å². The van der Waals surface area contributed by atoms with Crippen molar-refractivity contribution in [3.05, 3.63) is 65.5 Å². The Morgan fingerprint density at radius 2 is 2.00 bits per heavy atom. The molecule has 0 saturated carbocycles. The van der Waals surface area contributed by atoms with Crippen molar-refractivity contribution >= 4 is 0 Å². The third-order valence-electron chi connectivity index (χ3n) is 3.50. The molecule has 2 nitrogen and oxygen atoms in total. The Morgan fingerprint density at radius 1 is 1.24 bits per heavy atom. The lowest BCUT2D eigenvalue weighted by molar-refractivity contribution is 0.123. The molecule has 1 rings (SSSR count). The first-order valence-corrected chi connectivity index (χ1v) is 8.77. The minimum Gasteiger partial charge on any atom is -0.454 e. The average molecular weight is 350 g/mol. The molecule has 1 unspecified atom stereocenters. The number of allylic oxidation sites excluding steroid dienone is 5. The molecule has 1 aromatic rings. The van der Waals surface area contributed by atoms with Gasteiger partial charge in [0.2, 0.25) is 0 Å². The van der Waals surface area contributed by atoms with E-state index in [-0.39, 0.29) is 17.5 Å². The van der Waals surface area contributed by atoms with Gasteiger partial charge >= 0.3 is 0 Å². The van der Waals surface area contributed by atoms with Crippen LogP contribution in [0.5, 0.6) is 5.75 Å². The number of hydrogen-bond donors (Lipinski definition) is 0. The van der Waals surface area contributed by atoms with Crippen LogP contribution in [0.3, 0.4) is 0 Å². The molecule has 0 bridgehead atoms. The van der Waals surface area contributed by atoms with Gasteiger partial charge in [0.15, 0.2) is 11.6 Å². The first-order chi connectivity index (χ1) is 12.0. The fraction of sp³-hybridized carbons (Fsp3) is 0.429. The number of benzene rings is 1. The molecule has 0 N–H and O–H groups in total. The first-order valence-electron chi connectivity index (χ1n) is 8.77. The fourth-order valence-electron chi connectivity index (χ4n) is 2.20. The Balaban J connectivity index is 3.01. The van der Waals surface area contributed by atoms with Crippen molar-refractivity contribution in [1.82, 2.24) is 0 Å². The van der Waals surface area contributed by atoms with E-state index in [9.17, 15) is 8.78 Å². The van der Waals surface area contributed by atoms with Crippen molar-refractivity contribution in [3.63, 3.8) is 0 Å². The molecule has 138 valence electrons. The molecule has 0 fully saturated rings. The molecule has 0 aliphatic carbocycles. The third kappa shape index (κ3) is 7.22. The molecule has 0 spiro atoms. The highest BCUT2D eigenvalue weighted by molar-refractivity contribution is 5.35. The molecule has 0 radical (unpaired) electrons. The monoisotopic (exact) mass is 350 g/mol. The van der Waals surface area contributed by atoms with Crippen molar-refractivity contribution in [2.75, 3.05) is 13.2 Å². The topological polar surface area (TPSA) is 18.5 Å². The molecule has 0 aliphatic rings. The third-order valence-corrected chi connectivity index (χ3v) is 3.50. The van der Waals surface area contributed by atoms with Crippen molar-refractivity contribution in [2.45, 2.75) is 46.5 Å². The first kappa shape index (κ1) is 21.1. The normalized spacial score (nSPS) is 14.2. The SMILES string of the molecule is C\C=C/C(Oc1ccc(F)c(C(C)COCCC)c1)=C(F)\C=C\CC. The highest BCUT2D eigenvalue weighted by Crippen LogP contribution is 2.26. The van der Waals surface area contributed by atoms with Gasteiger partial charge in [-0.15, -0.1) is 0 Å². The van der Waals surface area contributed by atoms with E-state index in [1.54, 1.807) is 31.2 Å². The van der Waals surface area contributed by atoms with Gasteiger partial charge in [-0.2, -0.15) is 0 Å². The smallest absolute Gasteiger partial charge is 0.165 e. The summed E-state index contributed by atoms with van der Waals surface area (Å²) in [7, 11) is 0. The summed E-state index contributed by atoms with van der Waals surface area (Å²) in [6, 6.07) is 4.45. The Hall–Kier alpha value is -1.94. The Bertz CT molecular complexity index is 618. The van der Waals surface area contributed by atoms with Gasteiger partial charge in [0.05, 0.1) is 6.61 Å². The number of hydrogen-bond acceptors (Lipinski definition) is 2. The van der Waals surface area contributed by atoms with Crippen LogP contribution in [-0.2, 0) is 4.74 Å². The molecule has 0 aromatic heterocycles. The maximum absolute atomic E-state index is 14.2. The van der Waals surface area contributed by atoms with Crippen LogP contribution in [0.1, 0.15) is 52.0 Å². The molecular formula is C21H28F2O2. The van der Waals surface area contributed by atoms with Gasteiger partial charge in [0, 0.05) is 12.5 Å². The van der Waals surface area contributed by atoms with Crippen LogP contribution < -0.4 is 4.74 Å². The highest BCUT2D eigenvalue weighted by Gasteiger charge is 2.14. The van der Waals surface area contributed by atoms with E-state index in [0.717, 1.165) is 12.8 Å². The molecule has 0 heterocycles. The molecule has 0 aliphatic heterocycles. The predicted octanol–water partition coefficient (Wildman–Crippen LogP) is 6.46. The van der Waals surface area contributed by atoms with Gasteiger partial charge < -0.3 is 9.47 Å². The molecule has 1 aromatic carbocycles. The number of ether oxygens (including phenoxy) is 2. The lowest BCUT2D eigenvalue weighted by Crippen LogP contribution is -2.07. The molecule has 0 amide bonds. The Kier molecular flexibility index (Phi) is 9.78. The summed E-state index contributed by atoms with van der Waals surface area (Å²) < 4.78 is 39.5. The summed E-state index contributed by atoms with van der Waals surface area (Å²) in [5, 5.41) is 0. The standard InChI is InChI=1S/C21H28F2O2/c1-5-8-10-20(23)21(9-6-2)25-17-11-12-19(22)18(14-17)16(4)15-24-13-7-3/h6,8-12,14,16H,5,7,13,15H2,1-4H3/b9-6-,10-8+,21-20-. The second-order valence-electron chi connectivity index (χ2n) is 5.78. The van der Waals surface area contributed by atoms with Crippen molar-refractivity contribution in [2.24, 2.45) is 0 Å². The summed E-state index contributed by atoms with van der Waals surface area (Å²) in [5.74, 6) is -0.409. The van der Waals surface area contributed by atoms with E-state index in [0.29, 0.717) is 24.5 Å². The minimum atomic E-state index is -0.467. The minimum absolute atomic E-state index is 0.0969. The van der Waals surface area contributed by atoms with Crippen LogP contribution in [0.2, 0.25) is 0 Å². The van der Waals surface area contributed by atoms with Crippen LogP contribution in [0.25, 0.3) is 0 Å². The van der Waals surface area contributed by atoms with Crippen molar-refractivity contribution in [3.8, 4) is 5.75 Å². The van der Waals surface area contributed by atoms with Crippen LogP contribution >= 0.6 is 0 Å². The average Bonchev–Trinajstić information content (AvgIpc) is 2.60. The molecule has 0 saturated heterocycles. The largest absolute Gasteiger partial charge is 0.454 e. The summed E-state index contributed by atoms with van der Waals surface area (Å²) >= 11 is 0. The van der Waals surface area contributed by atoms with E-state index in [4.69, 9.17) is 9.47 Å². The van der Waals surface area contributed by atoms with E-state index >= 15 is 0 Å². The zero-order chi connectivity index (χ0) is 18.7. The second kappa shape index (κ2) is 11.6. The van der Waals surface area contributed by atoms with Gasteiger partial charge in [-0.05, 0) is 55.7 Å². The Morgan fingerprint density at radius 3 is 2.64 bits per heavy atom. The quantitative estimate of drug-likeness (QED) is 0.274. The molecule has 1 atom stereocenters. The van der Waals surface area contributed by atoms with Crippen LogP contribution in [0.4, 0.5) is 8.78 Å². The molecular weight excluding hydrogens is 322 g/mol. The van der Waals surface area contributed by atoms with E-state index in [1.165, 1.54) is 18.2 Å². The van der Waals surface area contributed by atoms with Crippen molar-refractivity contribution < 1.29 is 18.3 Å². The zero-order valence-corrected chi connectivity index (χ0v) is 15.5. The van der Waals surface area contributed by atoms with Crippen LogP contribution in [-0.4, -0.2) is 13.2 Å². The summed E-state index contributed by atoms with van der Waals surface area (Å²) in [4.78, 5) is 0. The lowest BCUT2D eigenvalue weighted by atomic mass is 10.0. The van der Waals surface area contributed by atoms with Crippen LogP contribution in [0, 0.1) is 5.82 Å². The van der Waals surface area contributed by atoms with Gasteiger partial charge in [-0.1, -0.05) is 32.9 Å². The predicted molar refractivity (Wildman–Crippen MR) is 98.9 cm³/mol. The van der Waals surface area contributed by atoms with E-state index in [2.05, 4.69) is 0 Å². The zero-order valence-electron chi connectivity index (χ0n) is 15.5. The van der Waals surface area contributed by atoms with Gasteiger partial charge in [0.25, 0.3) is 0 Å². The van der Waals surface area contributed by atoms with E-state index < -0.39 is 5.83 Å². The second-order valence-corrected chi connectivity index (χ2v) is 5.78. The summed E-state index contributed by atoms with van der Waals surface area (Å²) in [6.07, 6.45) is 7.98. The van der Waals surface area contributed by atoms with Gasteiger partial charge in [0.1, 0.15) is 11.6 Å².